The van der Waals surface area contributed by atoms with E-state index in [9.17, 15) is 17.7 Å². The molecule has 1 aromatic carbocycles. The lowest BCUT2D eigenvalue weighted by Crippen LogP contribution is -2.26. The smallest absolute Gasteiger partial charge is 0.419 e. The molecule has 3 nitrogen and oxygen atoms in total. The van der Waals surface area contributed by atoms with Crippen LogP contribution in [0, 0.1) is 5.92 Å². The van der Waals surface area contributed by atoms with Crippen LogP contribution >= 0.6 is 0 Å². The van der Waals surface area contributed by atoms with E-state index in [1.54, 1.807) is 27.7 Å². The zero-order valence-corrected chi connectivity index (χ0v) is 15.1. The maximum atomic E-state index is 13.1. The van der Waals surface area contributed by atoms with Gasteiger partial charge in [-0.15, -0.1) is 0 Å². The fraction of sp³-hybridized carbons (Fsp3) is 0.588. The highest BCUT2D eigenvalue weighted by Crippen LogP contribution is 2.38. The summed E-state index contributed by atoms with van der Waals surface area (Å²) in [5, 5.41) is 0. The van der Waals surface area contributed by atoms with Gasteiger partial charge in [-0.1, -0.05) is 10.5 Å². The first-order valence-electron chi connectivity index (χ1n) is 7.80. The Morgan fingerprint density at radius 3 is 2.42 bits per heavy atom. The Balaban J connectivity index is 2.30. The molecule has 1 saturated carbocycles. The van der Waals surface area contributed by atoms with E-state index < -0.39 is 27.8 Å². The Kier molecular flexibility index (Phi) is 5.54. The standard InChI is InChI=1S/C17H22F3NO2S/c1-11(21-24(22)16(2,3)4)13-7-8-14(17(18,19)20)15(9-13)23-10-12-5-6-12/h7-9,12H,5-6,10H2,1-4H3/b21-11+/t24-/m0/s1. The first-order valence-corrected chi connectivity index (χ1v) is 8.91. The van der Waals surface area contributed by atoms with Crippen molar-refractivity contribution >= 4 is 17.1 Å². The van der Waals surface area contributed by atoms with E-state index in [2.05, 4.69) is 4.40 Å². The summed E-state index contributed by atoms with van der Waals surface area (Å²) in [6.07, 6.45) is -2.49. The molecule has 0 saturated heterocycles. The summed E-state index contributed by atoms with van der Waals surface area (Å²) < 4.78 is 60.5. The third kappa shape index (κ3) is 5.14. The quantitative estimate of drug-likeness (QED) is 0.560. The summed E-state index contributed by atoms with van der Waals surface area (Å²) in [6.45, 7) is 7.29. The van der Waals surface area contributed by atoms with Crippen molar-refractivity contribution < 1.29 is 22.5 Å². The van der Waals surface area contributed by atoms with Crippen molar-refractivity contribution in [3.8, 4) is 5.75 Å². The molecule has 2 rings (SSSR count). The lowest BCUT2D eigenvalue weighted by atomic mass is 10.1. The second-order valence-electron chi connectivity index (χ2n) is 7.00. The van der Waals surface area contributed by atoms with Gasteiger partial charge in [0.1, 0.15) is 21.9 Å². The topological polar surface area (TPSA) is 44.7 Å². The van der Waals surface area contributed by atoms with Gasteiger partial charge in [-0.2, -0.15) is 13.2 Å². The molecule has 0 N–H and O–H groups in total. The average molecular weight is 361 g/mol. The minimum absolute atomic E-state index is 0.192. The van der Waals surface area contributed by atoms with Crippen LogP contribution in [0.25, 0.3) is 0 Å². The third-order valence-electron chi connectivity index (χ3n) is 3.62. The molecular weight excluding hydrogens is 339 g/mol. The van der Waals surface area contributed by atoms with Gasteiger partial charge in [0.05, 0.1) is 17.9 Å². The number of rotatable bonds is 5. The van der Waals surface area contributed by atoms with Gasteiger partial charge < -0.3 is 9.29 Å². The number of hydrogen-bond donors (Lipinski definition) is 0. The Bertz CT molecular complexity index is 619. The average Bonchev–Trinajstić information content (AvgIpc) is 3.26. The Morgan fingerprint density at radius 2 is 1.92 bits per heavy atom. The molecule has 0 amide bonds. The maximum absolute atomic E-state index is 13.1. The van der Waals surface area contributed by atoms with Crippen LogP contribution in [0.5, 0.6) is 5.75 Å². The van der Waals surface area contributed by atoms with E-state index in [1.165, 1.54) is 12.1 Å². The van der Waals surface area contributed by atoms with E-state index >= 15 is 0 Å². The fourth-order valence-electron chi connectivity index (χ4n) is 1.91. The zero-order valence-electron chi connectivity index (χ0n) is 14.2. The summed E-state index contributed by atoms with van der Waals surface area (Å²) in [5.41, 5.74) is 0.108. The first-order chi connectivity index (χ1) is 11.0. The molecule has 1 aliphatic rings. The lowest BCUT2D eigenvalue weighted by Gasteiger charge is -2.19. The van der Waals surface area contributed by atoms with Crippen molar-refractivity contribution in [2.75, 3.05) is 6.61 Å². The molecular formula is C17H22F3NO2S. The molecule has 0 unspecified atom stereocenters. The molecule has 1 aromatic rings. The Hall–Kier alpha value is -1.21. The van der Waals surface area contributed by atoms with E-state index in [0.29, 0.717) is 17.2 Å². The highest BCUT2D eigenvalue weighted by atomic mass is 32.2. The number of ether oxygens (including phenoxy) is 1. The number of halogens is 3. The van der Waals surface area contributed by atoms with Gasteiger partial charge in [-0.25, -0.2) is 0 Å². The van der Waals surface area contributed by atoms with Crippen LogP contribution in [0.2, 0.25) is 0 Å². The summed E-state index contributed by atoms with van der Waals surface area (Å²) in [6, 6.07) is 3.67. The van der Waals surface area contributed by atoms with Crippen LogP contribution in [0.15, 0.2) is 22.6 Å². The third-order valence-corrected chi connectivity index (χ3v) is 5.11. The molecule has 24 heavy (non-hydrogen) atoms. The van der Waals surface area contributed by atoms with Crippen molar-refractivity contribution in [1.82, 2.24) is 0 Å². The summed E-state index contributed by atoms with van der Waals surface area (Å²) in [4.78, 5) is 0. The number of benzene rings is 1. The second kappa shape index (κ2) is 6.96. The number of hydrogen-bond acceptors (Lipinski definition) is 3. The monoisotopic (exact) mass is 361 g/mol. The number of nitrogens with zero attached hydrogens (tertiary/aromatic N) is 1. The minimum Gasteiger partial charge on any atom is -0.591 e. The van der Waals surface area contributed by atoms with Crippen LogP contribution in [0.3, 0.4) is 0 Å². The highest BCUT2D eigenvalue weighted by molar-refractivity contribution is 7.91. The van der Waals surface area contributed by atoms with Crippen molar-refractivity contribution in [2.45, 2.75) is 51.5 Å². The van der Waals surface area contributed by atoms with Crippen LogP contribution in [-0.4, -0.2) is 21.6 Å². The summed E-state index contributed by atoms with van der Waals surface area (Å²) in [7, 11) is 0. The SMILES string of the molecule is C/C(=N\[S@@+]([O-])C(C)(C)C)c1ccc(C(F)(F)F)c(OCC2CC2)c1. The molecule has 134 valence electrons. The Morgan fingerprint density at radius 1 is 1.29 bits per heavy atom. The first kappa shape index (κ1) is 19.1. The molecule has 1 fully saturated rings. The summed E-state index contributed by atoms with van der Waals surface area (Å²) >= 11 is -1.47. The van der Waals surface area contributed by atoms with Crippen molar-refractivity contribution in [3.05, 3.63) is 29.3 Å². The zero-order chi connectivity index (χ0) is 18.1. The largest absolute Gasteiger partial charge is 0.591 e. The molecule has 0 spiro atoms. The van der Waals surface area contributed by atoms with Gasteiger partial charge in [0.25, 0.3) is 0 Å². The Labute approximate surface area is 143 Å². The fourth-order valence-corrected chi connectivity index (χ4v) is 2.54. The van der Waals surface area contributed by atoms with Gasteiger partial charge in [-0.05, 0) is 58.6 Å². The van der Waals surface area contributed by atoms with Crippen molar-refractivity contribution in [2.24, 2.45) is 10.3 Å². The molecule has 0 radical (unpaired) electrons. The predicted molar refractivity (Wildman–Crippen MR) is 89.8 cm³/mol. The normalized spacial score (nSPS) is 17.8. The molecule has 0 aromatic heterocycles. The van der Waals surface area contributed by atoms with E-state index in [4.69, 9.17) is 4.74 Å². The van der Waals surface area contributed by atoms with E-state index in [-0.39, 0.29) is 12.4 Å². The van der Waals surface area contributed by atoms with Crippen molar-refractivity contribution in [1.29, 1.82) is 0 Å². The van der Waals surface area contributed by atoms with Crippen molar-refractivity contribution in [3.63, 3.8) is 0 Å². The van der Waals surface area contributed by atoms with Crippen LogP contribution in [0.1, 0.15) is 51.7 Å². The maximum Gasteiger partial charge on any atom is 0.419 e. The minimum atomic E-state index is -4.48. The van der Waals surface area contributed by atoms with Gasteiger partial charge in [0, 0.05) is 5.56 Å². The lowest BCUT2D eigenvalue weighted by molar-refractivity contribution is -0.139. The highest BCUT2D eigenvalue weighted by Gasteiger charge is 2.35. The van der Waals surface area contributed by atoms with Crippen LogP contribution < -0.4 is 4.74 Å². The molecule has 1 atom stereocenters. The van der Waals surface area contributed by atoms with Gasteiger partial charge in [-0.3, -0.25) is 0 Å². The molecule has 0 bridgehead atoms. The summed E-state index contributed by atoms with van der Waals surface area (Å²) in [5.74, 6) is 0.154. The van der Waals surface area contributed by atoms with E-state index in [0.717, 1.165) is 18.9 Å². The predicted octanol–water partition coefficient (Wildman–Crippen LogP) is 4.77. The molecule has 0 heterocycles. The van der Waals surface area contributed by atoms with E-state index in [1.807, 2.05) is 0 Å². The second-order valence-corrected chi connectivity index (χ2v) is 8.91. The van der Waals surface area contributed by atoms with Gasteiger partial charge >= 0.3 is 6.18 Å². The van der Waals surface area contributed by atoms with Crippen LogP contribution in [0.4, 0.5) is 13.2 Å². The van der Waals surface area contributed by atoms with Gasteiger partial charge in [0.2, 0.25) is 0 Å². The molecule has 0 aliphatic heterocycles. The molecule has 7 heteroatoms. The van der Waals surface area contributed by atoms with Gasteiger partial charge in [0.15, 0.2) is 0 Å². The molecule has 1 aliphatic carbocycles. The van der Waals surface area contributed by atoms with Crippen LogP contribution in [-0.2, 0) is 17.5 Å². The number of alkyl halides is 3.